The van der Waals surface area contributed by atoms with Gasteiger partial charge < -0.3 is 19.7 Å². The zero-order valence-electron chi connectivity index (χ0n) is 12.5. The van der Waals surface area contributed by atoms with Crippen molar-refractivity contribution in [2.45, 2.75) is 32.2 Å². The van der Waals surface area contributed by atoms with E-state index in [9.17, 15) is 4.79 Å². The number of nitrogens with one attached hydrogen (secondary N) is 1. The summed E-state index contributed by atoms with van der Waals surface area (Å²) in [6, 6.07) is -0.227. The molecule has 0 aliphatic carbocycles. The molecule has 0 aromatic rings. The molecule has 5 nitrogen and oxygen atoms in total. The highest BCUT2D eigenvalue weighted by molar-refractivity contribution is 5.75. The number of rotatable bonds is 8. The molecule has 1 atom stereocenters. The van der Waals surface area contributed by atoms with Gasteiger partial charge in [0.2, 0.25) is 0 Å². The summed E-state index contributed by atoms with van der Waals surface area (Å²) < 4.78 is 10.2. The van der Waals surface area contributed by atoms with Gasteiger partial charge in [0.15, 0.2) is 0 Å². The average Bonchev–Trinajstić information content (AvgIpc) is 2.43. The second kappa shape index (κ2) is 9.28. The summed E-state index contributed by atoms with van der Waals surface area (Å²) in [5.41, 5.74) is 0. The zero-order valence-corrected chi connectivity index (χ0v) is 12.5. The van der Waals surface area contributed by atoms with Crippen LogP contribution < -0.4 is 5.32 Å². The lowest BCUT2D eigenvalue weighted by Gasteiger charge is -2.29. The van der Waals surface area contributed by atoms with Gasteiger partial charge in [-0.2, -0.15) is 0 Å². The highest BCUT2D eigenvalue weighted by atomic mass is 16.5. The van der Waals surface area contributed by atoms with Crippen LogP contribution in [-0.2, 0) is 14.3 Å². The Morgan fingerprint density at radius 1 is 1.47 bits per heavy atom. The van der Waals surface area contributed by atoms with Gasteiger partial charge in [0.25, 0.3) is 0 Å². The van der Waals surface area contributed by atoms with Crippen molar-refractivity contribution >= 4 is 5.97 Å². The Hall–Kier alpha value is -0.650. The van der Waals surface area contributed by atoms with Crippen molar-refractivity contribution in [2.75, 3.05) is 47.0 Å². The topological polar surface area (TPSA) is 50.8 Å². The molecule has 1 N–H and O–H groups in total. The van der Waals surface area contributed by atoms with E-state index in [2.05, 4.69) is 24.2 Å². The Labute approximate surface area is 116 Å². The predicted octanol–water partition coefficient (Wildman–Crippen LogP) is 0.886. The minimum absolute atomic E-state index is 0.174. The second-order valence-electron chi connectivity index (χ2n) is 5.31. The molecule has 0 aromatic carbocycles. The van der Waals surface area contributed by atoms with E-state index in [1.807, 2.05) is 0 Å². The van der Waals surface area contributed by atoms with Crippen LogP contribution in [0.15, 0.2) is 0 Å². The molecule has 1 fully saturated rings. The molecule has 1 aliphatic rings. The summed E-state index contributed by atoms with van der Waals surface area (Å²) in [5.74, 6) is 0.510. The number of hydrogen-bond donors (Lipinski definition) is 1. The number of methoxy groups -OCH3 is 1. The summed E-state index contributed by atoms with van der Waals surface area (Å²) >= 11 is 0. The first-order valence-electron chi connectivity index (χ1n) is 7.24. The maximum Gasteiger partial charge on any atom is 0.324 e. The molecule has 19 heavy (non-hydrogen) atoms. The summed E-state index contributed by atoms with van der Waals surface area (Å²) in [4.78, 5) is 13.9. The Morgan fingerprint density at radius 3 is 2.74 bits per heavy atom. The number of carbonyl (C=O) groups excluding carboxylic acids is 1. The highest BCUT2D eigenvalue weighted by Gasteiger charge is 2.22. The fourth-order valence-electron chi connectivity index (χ4n) is 2.44. The number of ether oxygens (including phenoxy) is 2. The maximum absolute atomic E-state index is 11.7. The molecule has 1 aliphatic heterocycles. The monoisotopic (exact) mass is 272 g/mol. The number of nitrogens with zero attached hydrogens (tertiary/aromatic N) is 1. The minimum atomic E-state index is -0.227. The fourth-order valence-corrected chi connectivity index (χ4v) is 2.44. The average molecular weight is 272 g/mol. The Bertz CT molecular complexity index is 255. The number of hydrogen-bond acceptors (Lipinski definition) is 5. The van der Waals surface area contributed by atoms with E-state index >= 15 is 0 Å². The molecule has 1 rings (SSSR count). The lowest BCUT2D eigenvalue weighted by molar-refractivity contribution is -0.143. The molecule has 0 saturated carbocycles. The highest BCUT2D eigenvalue weighted by Crippen LogP contribution is 2.15. The normalized spacial score (nSPS) is 18.5. The van der Waals surface area contributed by atoms with Crippen LogP contribution in [0, 0.1) is 5.92 Å². The first-order chi connectivity index (χ1) is 9.17. The molecule has 0 aromatic heterocycles. The second-order valence-corrected chi connectivity index (χ2v) is 5.31. The molecular weight excluding hydrogens is 244 g/mol. The van der Waals surface area contributed by atoms with Crippen LogP contribution in [0.3, 0.4) is 0 Å². The predicted molar refractivity (Wildman–Crippen MR) is 75.1 cm³/mol. The van der Waals surface area contributed by atoms with E-state index in [4.69, 9.17) is 9.47 Å². The van der Waals surface area contributed by atoms with Gasteiger partial charge >= 0.3 is 5.97 Å². The third kappa shape index (κ3) is 6.36. The quantitative estimate of drug-likeness (QED) is 0.665. The molecular formula is C14H28N2O3. The maximum atomic E-state index is 11.7. The van der Waals surface area contributed by atoms with E-state index in [0.717, 1.165) is 45.6 Å². The minimum Gasteiger partial charge on any atom is -0.468 e. The SMILES string of the molecule is CCCNC(CN(C)CC1CCOCC1)C(=O)OC. The molecule has 5 heteroatoms. The molecule has 1 saturated heterocycles. The van der Waals surface area contributed by atoms with Gasteiger partial charge in [-0.3, -0.25) is 4.79 Å². The summed E-state index contributed by atoms with van der Waals surface area (Å²) in [5, 5.41) is 3.25. The van der Waals surface area contributed by atoms with Crippen LogP contribution >= 0.6 is 0 Å². The van der Waals surface area contributed by atoms with Gasteiger partial charge in [-0.25, -0.2) is 0 Å². The standard InChI is InChI=1S/C14H28N2O3/c1-4-7-15-13(14(17)18-3)11-16(2)10-12-5-8-19-9-6-12/h12-13,15H,4-11H2,1-3H3. The number of carbonyl (C=O) groups is 1. The van der Waals surface area contributed by atoms with Crippen LogP contribution in [-0.4, -0.2) is 63.9 Å². The summed E-state index contributed by atoms with van der Waals surface area (Å²) in [6.07, 6.45) is 3.25. The number of likely N-dealkylation sites (N-methyl/N-ethyl adjacent to an activating group) is 1. The summed E-state index contributed by atoms with van der Waals surface area (Å²) in [7, 11) is 3.51. The van der Waals surface area contributed by atoms with E-state index in [0.29, 0.717) is 12.5 Å². The van der Waals surface area contributed by atoms with E-state index in [1.54, 1.807) is 0 Å². The molecule has 1 heterocycles. The third-order valence-electron chi connectivity index (χ3n) is 3.53. The van der Waals surface area contributed by atoms with Gasteiger partial charge in [-0.1, -0.05) is 6.92 Å². The smallest absolute Gasteiger partial charge is 0.324 e. The van der Waals surface area contributed by atoms with Crippen molar-refractivity contribution in [2.24, 2.45) is 5.92 Å². The van der Waals surface area contributed by atoms with Crippen molar-refractivity contribution in [1.29, 1.82) is 0 Å². The first kappa shape index (κ1) is 16.4. The van der Waals surface area contributed by atoms with Gasteiger partial charge in [-0.05, 0) is 38.8 Å². The summed E-state index contributed by atoms with van der Waals surface area (Å²) in [6.45, 7) is 6.38. The molecule has 1 unspecified atom stereocenters. The van der Waals surface area contributed by atoms with Gasteiger partial charge in [-0.15, -0.1) is 0 Å². The van der Waals surface area contributed by atoms with Crippen molar-refractivity contribution in [3.05, 3.63) is 0 Å². The van der Waals surface area contributed by atoms with Crippen LogP contribution in [0.1, 0.15) is 26.2 Å². The molecule has 0 radical (unpaired) electrons. The molecule has 0 spiro atoms. The molecule has 0 amide bonds. The Morgan fingerprint density at radius 2 is 2.16 bits per heavy atom. The first-order valence-corrected chi connectivity index (χ1v) is 7.24. The van der Waals surface area contributed by atoms with Crippen molar-refractivity contribution in [1.82, 2.24) is 10.2 Å². The van der Waals surface area contributed by atoms with Gasteiger partial charge in [0, 0.05) is 26.3 Å². The fraction of sp³-hybridized carbons (Fsp3) is 0.929. The Kier molecular flexibility index (Phi) is 8.02. The van der Waals surface area contributed by atoms with Crippen LogP contribution in [0.5, 0.6) is 0 Å². The van der Waals surface area contributed by atoms with Crippen molar-refractivity contribution in [3.8, 4) is 0 Å². The van der Waals surface area contributed by atoms with Crippen LogP contribution in [0.25, 0.3) is 0 Å². The van der Waals surface area contributed by atoms with E-state index in [1.165, 1.54) is 7.11 Å². The van der Waals surface area contributed by atoms with Crippen molar-refractivity contribution in [3.63, 3.8) is 0 Å². The lowest BCUT2D eigenvalue weighted by Crippen LogP contribution is -2.47. The van der Waals surface area contributed by atoms with Gasteiger partial charge in [0.1, 0.15) is 6.04 Å². The van der Waals surface area contributed by atoms with E-state index < -0.39 is 0 Å². The van der Waals surface area contributed by atoms with Crippen molar-refractivity contribution < 1.29 is 14.3 Å². The number of esters is 1. The van der Waals surface area contributed by atoms with Gasteiger partial charge in [0.05, 0.1) is 7.11 Å². The van der Waals surface area contributed by atoms with Crippen LogP contribution in [0.2, 0.25) is 0 Å². The lowest BCUT2D eigenvalue weighted by atomic mass is 10.00. The Balaban J connectivity index is 2.36. The van der Waals surface area contributed by atoms with E-state index in [-0.39, 0.29) is 12.0 Å². The molecule has 0 bridgehead atoms. The third-order valence-corrected chi connectivity index (χ3v) is 3.53. The molecule has 112 valence electrons. The largest absolute Gasteiger partial charge is 0.468 e. The zero-order chi connectivity index (χ0) is 14.1. The van der Waals surface area contributed by atoms with Crippen LogP contribution in [0.4, 0.5) is 0 Å².